The van der Waals surface area contributed by atoms with E-state index in [1.165, 1.54) is 28.2 Å². The van der Waals surface area contributed by atoms with Gasteiger partial charge < -0.3 is 5.32 Å². The molecule has 2 aliphatic carbocycles. The lowest BCUT2D eigenvalue weighted by Gasteiger charge is -2.33. The molecule has 2 heterocycles. The van der Waals surface area contributed by atoms with E-state index >= 15 is 0 Å². The minimum absolute atomic E-state index is 0.319. The Morgan fingerprint density at radius 2 is 2.07 bits per heavy atom. The monoisotopic (exact) mass is 389 g/mol. The summed E-state index contributed by atoms with van der Waals surface area (Å²) >= 11 is 1.49. The van der Waals surface area contributed by atoms with Crippen LogP contribution < -0.4 is 10.7 Å². The smallest absolute Gasteiger partial charge is 0.322 e. The average Bonchev–Trinajstić information content (AvgIpc) is 3.18. The normalized spacial score (nSPS) is 30.4. The molecular weight excluding hydrogens is 362 g/mol. The van der Waals surface area contributed by atoms with Gasteiger partial charge in [-0.3, -0.25) is 15.0 Å². The molecule has 1 aliphatic heterocycles. The molecule has 2 fully saturated rings. The van der Waals surface area contributed by atoms with Gasteiger partial charge >= 0.3 is 6.03 Å². The highest BCUT2D eigenvalue weighted by Gasteiger charge is 2.53. The summed E-state index contributed by atoms with van der Waals surface area (Å²) in [5.41, 5.74) is 2.97. The maximum absolute atomic E-state index is 12.9. The minimum atomic E-state index is -0.833. The first-order valence-electron chi connectivity index (χ1n) is 10.0. The zero-order valence-electron chi connectivity index (χ0n) is 16.0. The summed E-state index contributed by atoms with van der Waals surface area (Å²) in [4.78, 5) is 39.8. The van der Waals surface area contributed by atoms with E-state index in [1.54, 1.807) is 0 Å². The van der Waals surface area contributed by atoms with E-state index in [9.17, 15) is 14.4 Å². The number of nitrogens with zero attached hydrogens (tertiary/aromatic N) is 1. The van der Waals surface area contributed by atoms with Crippen molar-refractivity contribution >= 4 is 29.2 Å². The molecule has 3 aliphatic rings. The van der Waals surface area contributed by atoms with Crippen molar-refractivity contribution in [1.29, 1.82) is 0 Å². The van der Waals surface area contributed by atoms with Gasteiger partial charge in [-0.05, 0) is 68.4 Å². The number of rotatable bonds is 3. The summed E-state index contributed by atoms with van der Waals surface area (Å²) in [6.45, 7) is 4.37. The Hall–Kier alpha value is -1.89. The lowest BCUT2D eigenvalue weighted by Crippen LogP contribution is -2.51. The Balaban J connectivity index is 1.46. The number of carbonyl (C=O) groups excluding carboxylic acids is 3. The second kappa shape index (κ2) is 6.93. The van der Waals surface area contributed by atoms with Crippen LogP contribution in [-0.2, 0) is 17.6 Å². The van der Waals surface area contributed by atoms with Crippen LogP contribution >= 0.6 is 11.3 Å². The molecule has 7 heteroatoms. The van der Waals surface area contributed by atoms with Crippen LogP contribution in [0.4, 0.5) is 4.79 Å². The second-order valence-electron chi connectivity index (χ2n) is 8.35. The molecule has 27 heavy (non-hydrogen) atoms. The van der Waals surface area contributed by atoms with Crippen LogP contribution in [0.15, 0.2) is 6.07 Å². The van der Waals surface area contributed by atoms with Crippen molar-refractivity contribution in [1.82, 2.24) is 15.8 Å². The van der Waals surface area contributed by atoms with E-state index in [1.807, 2.05) is 6.07 Å². The topological polar surface area (TPSA) is 78.5 Å². The van der Waals surface area contributed by atoms with Gasteiger partial charge in [-0.1, -0.05) is 20.3 Å². The van der Waals surface area contributed by atoms with E-state index in [-0.39, 0.29) is 11.8 Å². The molecule has 1 spiro atoms. The maximum atomic E-state index is 12.9. The van der Waals surface area contributed by atoms with Crippen LogP contribution in [0.25, 0.3) is 0 Å². The van der Waals surface area contributed by atoms with Crippen LogP contribution in [-0.4, -0.2) is 28.4 Å². The van der Waals surface area contributed by atoms with Gasteiger partial charge in [0, 0.05) is 4.88 Å². The van der Waals surface area contributed by atoms with Gasteiger partial charge in [-0.2, -0.15) is 5.01 Å². The van der Waals surface area contributed by atoms with E-state index in [0.29, 0.717) is 29.6 Å². The molecule has 1 saturated heterocycles. The molecule has 0 aromatic carbocycles. The summed E-state index contributed by atoms with van der Waals surface area (Å²) in [5, 5.41) is 3.73. The number of fused-ring (bicyclic) bond motifs is 1. The fourth-order valence-corrected chi connectivity index (χ4v) is 5.63. The molecule has 146 valence electrons. The van der Waals surface area contributed by atoms with Gasteiger partial charge in [0.25, 0.3) is 11.8 Å². The van der Waals surface area contributed by atoms with Gasteiger partial charge in [-0.25, -0.2) is 4.79 Å². The van der Waals surface area contributed by atoms with Gasteiger partial charge in [-0.15, -0.1) is 11.3 Å². The minimum Gasteiger partial charge on any atom is -0.322 e. The van der Waals surface area contributed by atoms with Crippen molar-refractivity contribution in [2.45, 2.75) is 70.8 Å². The maximum Gasteiger partial charge on any atom is 0.344 e. The average molecular weight is 390 g/mol. The van der Waals surface area contributed by atoms with Crippen molar-refractivity contribution in [2.24, 2.45) is 11.8 Å². The Kier molecular flexibility index (Phi) is 4.74. The van der Waals surface area contributed by atoms with Crippen LogP contribution in [0.3, 0.4) is 0 Å². The lowest BCUT2D eigenvalue weighted by molar-refractivity contribution is -0.134. The molecule has 2 N–H and O–H groups in total. The van der Waals surface area contributed by atoms with Crippen LogP contribution in [0.2, 0.25) is 0 Å². The number of hydrazine groups is 1. The molecule has 1 unspecified atom stereocenters. The molecule has 1 atom stereocenters. The second-order valence-corrected chi connectivity index (χ2v) is 9.49. The summed E-state index contributed by atoms with van der Waals surface area (Å²) < 4.78 is 0. The molecule has 1 saturated carbocycles. The van der Waals surface area contributed by atoms with Crippen LogP contribution in [0.1, 0.15) is 72.5 Å². The van der Waals surface area contributed by atoms with E-state index in [4.69, 9.17) is 0 Å². The predicted molar refractivity (Wildman–Crippen MR) is 103 cm³/mol. The molecule has 1 aromatic rings. The number of imide groups is 1. The molecule has 0 radical (unpaired) electrons. The van der Waals surface area contributed by atoms with E-state index in [2.05, 4.69) is 24.6 Å². The van der Waals surface area contributed by atoms with Crippen LogP contribution in [0, 0.1) is 11.8 Å². The Labute approximate surface area is 163 Å². The summed E-state index contributed by atoms with van der Waals surface area (Å²) in [7, 11) is 0. The first kappa shape index (κ1) is 18.5. The third-order valence-electron chi connectivity index (χ3n) is 6.49. The first-order chi connectivity index (χ1) is 12.9. The Bertz CT molecular complexity index is 779. The Morgan fingerprint density at radius 3 is 2.78 bits per heavy atom. The van der Waals surface area contributed by atoms with Gasteiger partial charge in [0.1, 0.15) is 5.54 Å². The summed E-state index contributed by atoms with van der Waals surface area (Å²) in [5.74, 6) is 0.558. The number of amides is 4. The summed E-state index contributed by atoms with van der Waals surface area (Å²) in [6.07, 6.45) is 7.43. The summed E-state index contributed by atoms with van der Waals surface area (Å²) in [6, 6.07) is 1.42. The number of urea groups is 1. The third-order valence-corrected chi connectivity index (χ3v) is 7.72. The van der Waals surface area contributed by atoms with Crippen molar-refractivity contribution < 1.29 is 14.4 Å². The molecular formula is C20H27N3O3S. The number of carbonyl (C=O) groups is 3. The molecule has 6 nitrogen and oxygen atoms in total. The van der Waals surface area contributed by atoms with Gasteiger partial charge in [0.05, 0.1) is 4.88 Å². The van der Waals surface area contributed by atoms with Crippen molar-refractivity contribution in [2.75, 3.05) is 0 Å². The lowest BCUT2D eigenvalue weighted by atomic mass is 9.77. The molecule has 1 aromatic heterocycles. The number of hydrogen-bond donors (Lipinski definition) is 2. The fourth-order valence-electron chi connectivity index (χ4n) is 4.53. The highest BCUT2D eigenvalue weighted by atomic mass is 32.1. The Morgan fingerprint density at radius 1 is 1.33 bits per heavy atom. The fraction of sp³-hybridized carbons (Fsp3) is 0.650. The number of nitrogens with one attached hydrogen (secondary N) is 2. The zero-order valence-corrected chi connectivity index (χ0v) is 16.8. The van der Waals surface area contributed by atoms with Gasteiger partial charge in [0.15, 0.2) is 0 Å². The van der Waals surface area contributed by atoms with Crippen molar-refractivity contribution in [3.05, 3.63) is 21.4 Å². The van der Waals surface area contributed by atoms with Crippen LogP contribution in [0.5, 0.6) is 0 Å². The predicted octanol–water partition coefficient (Wildman–Crippen LogP) is 3.41. The van der Waals surface area contributed by atoms with E-state index < -0.39 is 11.6 Å². The highest BCUT2D eigenvalue weighted by molar-refractivity contribution is 7.14. The van der Waals surface area contributed by atoms with E-state index in [0.717, 1.165) is 37.1 Å². The largest absolute Gasteiger partial charge is 0.344 e. The first-order valence-corrected chi connectivity index (χ1v) is 10.8. The quantitative estimate of drug-likeness (QED) is 0.778. The highest BCUT2D eigenvalue weighted by Crippen LogP contribution is 2.36. The molecule has 0 bridgehead atoms. The molecule has 4 amide bonds. The zero-order chi connectivity index (χ0) is 19.2. The van der Waals surface area contributed by atoms with Crippen molar-refractivity contribution in [3.8, 4) is 0 Å². The van der Waals surface area contributed by atoms with Crippen molar-refractivity contribution in [3.63, 3.8) is 0 Å². The number of hydrogen-bond acceptors (Lipinski definition) is 4. The number of aryl methyl sites for hydroxylation is 1. The van der Waals surface area contributed by atoms with Gasteiger partial charge in [0.2, 0.25) is 0 Å². The standard InChI is InChI=1S/C20H27N3O3S/c1-3-13-4-5-15-14(10-13)11-16(27-15)17(24)22-23-18(25)20(21-19(23)26)8-6-12(2)7-9-20/h11-13H,3-10H2,1-2H3,(H,21,26)(H,22,24). The number of thiophene rings is 1. The molecule has 4 rings (SSSR count). The SMILES string of the molecule is CCC1CCc2sc(C(=O)NN3C(=O)NC4(CCC(C)CC4)C3=O)cc2C1. The third kappa shape index (κ3) is 3.26.